The third-order valence-corrected chi connectivity index (χ3v) is 6.89. The van der Waals surface area contributed by atoms with Gasteiger partial charge in [0.25, 0.3) is 0 Å². The number of rotatable bonds is 12. The van der Waals surface area contributed by atoms with E-state index < -0.39 is 0 Å². The molecule has 4 aromatic rings. The van der Waals surface area contributed by atoms with Crippen LogP contribution < -0.4 is 10.1 Å². The minimum Gasteiger partial charge on any atom is -0.494 e. The Bertz CT molecular complexity index is 1280. The fourth-order valence-electron chi connectivity index (χ4n) is 4.44. The van der Waals surface area contributed by atoms with Crippen molar-refractivity contribution in [3.05, 3.63) is 94.3 Å². The molecule has 0 aliphatic rings. The second-order valence-corrected chi connectivity index (χ2v) is 9.59. The van der Waals surface area contributed by atoms with E-state index in [9.17, 15) is 4.79 Å². The summed E-state index contributed by atoms with van der Waals surface area (Å²) in [6.45, 7) is 6.20. The predicted octanol–water partition coefficient (Wildman–Crippen LogP) is 6.46. The molecule has 0 spiro atoms. The third-order valence-electron chi connectivity index (χ3n) is 6.30. The van der Waals surface area contributed by atoms with Crippen LogP contribution in [0.4, 0.5) is 0 Å². The Morgan fingerprint density at radius 1 is 0.972 bits per heavy atom. The first kappa shape index (κ1) is 25.8. The Labute approximate surface area is 218 Å². The first-order chi connectivity index (χ1) is 17.5. The highest BCUT2D eigenvalue weighted by molar-refractivity contribution is 6.32. The van der Waals surface area contributed by atoms with Crippen molar-refractivity contribution in [2.24, 2.45) is 0 Å². The molecular formula is C30H34ClN3O2. The summed E-state index contributed by atoms with van der Waals surface area (Å²) in [4.78, 5) is 17.1. The van der Waals surface area contributed by atoms with Crippen molar-refractivity contribution in [3.63, 3.8) is 0 Å². The molecule has 1 amide bonds. The molecule has 0 aliphatic carbocycles. The van der Waals surface area contributed by atoms with E-state index in [1.807, 2.05) is 62.4 Å². The Morgan fingerprint density at radius 3 is 2.47 bits per heavy atom. The normalized spacial score (nSPS) is 11.1. The molecule has 1 aromatic heterocycles. The van der Waals surface area contributed by atoms with Crippen LogP contribution >= 0.6 is 11.6 Å². The standard InChI is InChI=1S/C30H34ClN3O2/c1-22-19-25(20-23(2)30(22)31)36-18-9-8-17-34-27-14-7-6-13-26(27)33-28(34)15-10-16-32-29(35)21-24-11-4-3-5-12-24/h3-7,11-14,19-20H,8-10,15-18,21H2,1-2H3,(H,32,35). The summed E-state index contributed by atoms with van der Waals surface area (Å²) in [5, 5.41) is 3.84. The molecule has 0 bridgehead atoms. The highest BCUT2D eigenvalue weighted by Gasteiger charge is 2.11. The molecule has 0 unspecified atom stereocenters. The van der Waals surface area contributed by atoms with Gasteiger partial charge in [-0.3, -0.25) is 4.79 Å². The largest absolute Gasteiger partial charge is 0.494 e. The zero-order valence-corrected chi connectivity index (χ0v) is 21.9. The monoisotopic (exact) mass is 503 g/mol. The minimum atomic E-state index is 0.0563. The maximum Gasteiger partial charge on any atom is 0.224 e. The number of fused-ring (bicyclic) bond motifs is 1. The summed E-state index contributed by atoms with van der Waals surface area (Å²) >= 11 is 6.26. The molecule has 5 nitrogen and oxygen atoms in total. The number of imidazole rings is 1. The average Bonchev–Trinajstić information content (AvgIpc) is 3.23. The fourth-order valence-corrected chi connectivity index (χ4v) is 4.54. The van der Waals surface area contributed by atoms with Gasteiger partial charge >= 0.3 is 0 Å². The Balaban J connectivity index is 1.27. The highest BCUT2D eigenvalue weighted by atomic mass is 35.5. The number of benzene rings is 3. The van der Waals surface area contributed by atoms with Crippen molar-refractivity contribution in [3.8, 4) is 5.75 Å². The smallest absolute Gasteiger partial charge is 0.224 e. The summed E-state index contributed by atoms with van der Waals surface area (Å²) in [6, 6.07) is 22.1. The van der Waals surface area contributed by atoms with Crippen molar-refractivity contribution >= 4 is 28.5 Å². The van der Waals surface area contributed by atoms with E-state index in [1.54, 1.807) is 0 Å². The van der Waals surface area contributed by atoms with Crippen LogP contribution in [0.25, 0.3) is 11.0 Å². The summed E-state index contributed by atoms with van der Waals surface area (Å²) in [7, 11) is 0. The van der Waals surface area contributed by atoms with E-state index in [-0.39, 0.29) is 5.91 Å². The van der Waals surface area contributed by atoms with E-state index in [1.165, 1.54) is 0 Å². The van der Waals surface area contributed by atoms with Gasteiger partial charge < -0.3 is 14.6 Å². The lowest BCUT2D eigenvalue weighted by atomic mass is 10.1. The van der Waals surface area contributed by atoms with Gasteiger partial charge in [0.15, 0.2) is 0 Å². The lowest BCUT2D eigenvalue weighted by Gasteiger charge is -2.12. The molecular weight excluding hydrogens is 470 g/mol. The average molecular weight is 504 g/mol. The summed E-state index contributed by atoms with van der Waals surface area (Å²) in [6.07, 6.45) is 4.02. The molecule has 0 aliphatic heterocycles. The van der Waals surface area contributed by atoms with Gasteiger partial charge in [-0.25, -0.2) is 4.98 Å². The Kier molecular flexibility index (Phi) is 9.01. The molecule has 3 aromatic carbocycles. The maximum absolute atomic E-state index is 12.2. The second-order valence-electron chi connectivity index (χ2n) is 9.21. The first-order valence-corrected chi connectivity index (χ1v) is 13.0. The number of ether oxygens (including phenoxy) is 1. The molecule has 0 saturated carbocycles. The number of carbonyl (C=O) groups is 1. The topological polar surface area (TPSA) is 56.1 Å². The van der Waals surface area contributed by atoms with Gasteiger partial charge in [0.05, 0.1) is 24.1 Å². The molecule has 0 saturated heterocycles. The first-order valence-electron chi connectivity index (χ1n) is 12.7. The van der Waals surface area contributed by atoms with Gasteiger partial charge in [-0.15, -0.1) is 0 Å². The van der Waals surface area contributed by atoms with Crippen molar-refractivity contribution in [1.82, 2.24) is 14.9 Å². The van der Waals surface area contributed by atoms with E-state index >= 15 is 0 Å². The number of amides is 1. The van der Waals surface area contributed by atoms with Crippen molar-refractivity contribution in [1.29, 1.82) is 0 Å². The molecule has 36 heavy (non-hydrogen) atoms. The number of halogens is 1. The number of carbonyl (C=O) groups excluding carboxylic acids is 1. The lowest BCUT2D eigenvalue weighted by Crippen LogP contribution is -2.26. The number of nitrogens with zero attached hydrogens (tertiary/aromatic N) is 2. The number of unbranched alkanes of at least 4 members (excludes halogenated alkanes) is 1. The summed E-state index contributed by atoms with van der Waals surface area (Å²) in [5.41, 5.74) is 5.28. The molecule has 1 N–H and O–H groups in total. The maximum atomic E-state index is 12.2. The summed E-state index contributed by atoms with van der Waals surface area (Å²) < 4.78 is 8.30. The van der Waals surface area contributed by atoms with E-state index in [0.29, 0.717) is 19.6 Å². The van der Waals surface area contributed by atoms with E-state index in [0.717, 1.165) is 76.5 Å². The number of hydrogen-bond acceptors (Lipinski definition) is 3. The van der Waals surface area contributed by atoms with Crippen LogP contribution in [0.1, 0.15) is 41.8 Å². The van der Waals surface area contributed by atoms with E-state index in [2.05, 4.69) is 28.1 Å². The number of aryl methyl sites for hydroxylation is 4. The molecule has 4 rings (SSSR count). The van der Waals surface area contributed by atoms with Gasteiger partial charge in [0.2, 0.25) is 5.91 Å². The minimum absolute atomic E-state index is 0.0563. The van der Waals surface area contributed by atoms with Gasteiger partial charge in [-0.05, 0) is 74.1 Å². The van der Waals surface area contributed by atoms with Gasteiger partial charge in [0, 0.05) is 24.5 Å². The van der Waals surface area contributed by atoms with Crippen LogP contribution in [0.15, 0.2) is 66.7 Å². The van der Waals surface area contributed by atoms with Crippen molar-refractivity contribution in [2.75, 3.05) is 13.2 Å². The Morgan fingerprint density at radius 2 is 1.69 bits per heavy atom. The predicted molar refractivity (Wildman–Crippen MR) is 147 cm³/mol. The van der Waals surface area contributed by atoms with Crippen molar-refractivity contribution < 1.29 is 9.53 Å². The zero-order valence-electron chi connectivity index (χ0n) is 21.1. The van der Waals surface area contributed by atoms with Crippen LogP contribution in [0.2, 0.25) is 5.02 Å². The molecule has 0 radical (unpaired) electrons. The second kappa shape index (κ2) is 12.6. The summed E-state index contributed by atoms with van der Waals surface area (Å²) in [5.74, 6) is 2.00. The number of para-hydroxylation sites is 2. The molecule has 1 heterocycles. The third kappa shape index (κ3) is 6.88. The van der Waals surface area contributed by atoms with Crippen molar-refractivity contribution in [2.45, 2.75) is 52.5 Å². The van der Waals surface area contributed by atoms with Crippen LogP contribution in [0, 0.1) is 13.8 Å². The fraction of sp³-hybridized carbons (Fsp3) is 0.333. The number of nitrogens with one attached hydrogen (secondary N) is 1. The lowest BCUT2D eigenvalue weighted by molar-refractivity contribution is -0.120. The quantitative estimate of drug-likeness (QED) is 0.226. The SMILES string of the molecule is Cc1cc(OCCCCn2c(CCCNC(=O)Cc3ccccc3)nc3ccccc32)cc(C)c1Cl. The molecule has 0 atom stereocenters. The van der Waals surface area contributed by atoms with E-state index in [4.69, 9.17) is 21.3 Å². The van der Waals surface area contributed by atoms with Crippen LogP contribution in [0.3, 0.4) is 0 Å². The van der Waals surface area contributed by atoms with Crippen LogP contribution in [-0.4, -0.2) is 28.6 Å². The van der Waals surface area contributed by atoms with Crippen LogP contribution in [-0.2, 0) is 24.2 Å². The number of aromatic nitrogens is 2. The Hall–Kier alpha value is -3.31. The molecule has 0 fully saturated rings. The highest BCUT2D eigenvalue weighted by Crippen LogP contribution is 2.26. The number of hydrogen-bond donors (Lipinski definition) is 1. The molecule has 188 valence electrons. The van der Waals surface area contributed by atoms with Gasteiger partial charge in [0.1, 0.15) is 11.6 Å². The molecule has 6 heteroatoms. The van der Waals surface area contributed by atoms with Gasteiger partial charge in [-0.2, -0.15) is 0 Å². The van der Waals surface area contributed by atoms with Crippen LogP contribution in [0.5, 0.6) is 5.75 Å². The van der Waals surface area contributed by atoms with Gasteiger partial charge in [-0.1, -0.05) is 54.1 Å². The zero-order chi connectivity index (χ0) is 25.3.